The molecule has 2 nitrogen and oxygen atoms in total. The predicted molar refractivity (Wildman–Crippen MR) is 140 cm³/mol. The van der Waals surface area contributed by atoms with E-state index in [0.717, 1.165) is 39.9 Å². The lowest BCUT2D eigenvalue weighted by Gasteiger charge is -2.23. The van der Waals surface area contributed by atoms with Crippen LogP contribution in [-0.4, -0.2) is 4.98 Å². The number of benzene rings is 3. The summed E-state index contributed by atoms with van der Waals surface area (Å²) in [4.78, 5) is 4.98. The fourth-order valence-electron chi connectivity index (χ4n) is 4.69. The number of pyridine rings is 1. The maximum atomic E-state index is 5.87. The Hall–Kier alpha value is -3.39. The second-order valence-corrected chi connectivity index (χ2v) is 10.5. The SMILES string of the molecule is CC(C)Cc1ccc(-c2cc(-c3cc(C(C)(C)C)c4ccccc4c3)nc3ccoc23)cc1. The Labute approximate surface area is 196 Å². The van der Waals surface area contributed by atoms with Crippen molar-refractivity contribution < 1.29 is 4.42 Å². The summed E-state index contributed by atoms with van der Waals surface area (Å²) in [6.07, 6.45) is 2.82. The molecule has 0 aliphatic carbocycles. The standard InChI is InChI=1S/C31H31NO/c1-20(2)16-21-10-12-22(13-11-21)26-19-29(32-28-14-15-33-30(26)28)24-17-23-8-6-7-9-25(23)27(18-24)31(3,4)5/h6-15,17-20H,16H2,1-5H3. The Morgan fingerprint density at radius 1 is 0.848 bits per heavy atom. The molecule has 0 saturated carbocycles. The van der Waals surface area contributed by atoms with Crippen molar-refractivity contribution in [3.05, 3.63) is 90.2 Å². The highest BCUT2D eigenvalue weighted by Crippen LogP contribution is 2.37. The minimum atomic E-state index is 0.0322. The van der Waals surface area contributed by atoms with Crippen molar-refractivity contribution in [3.8, 4) is 22.4 Å². The summed E-state index contributed by atoms with van der Waals surface area (Å²) in [5.41, 5.74) is 8.81. The Morgan fingerprint density at radius 3 is 2.33 bits per heavy atom. The van der Waals surface area contributed by atoms with Gasteiger partial charge >= 0.3 is 0 Å². The summed E-state index contributed by atoms with van der Waals surface area (Å²) < 4.78 is 5.87. The summed E-state index contributed by atoms with van der Waals surface area (Å²) >= 11 is 0. The normalized spacial score (nSPS) is 12.2. The molecule has 0 N–H and O–H groups in total. The first kappa shape index (κ1) is 21.5. The number of fused-ring (bicyclic) bond motifs is 2. The maximum absolute atomic E-state index is 5.87. The van der Waals surface area contributed by atoms with Crippen LogP contribution >= 0.6 is 0 Å². The van der Waals surface area contributed by atoms with Crippen LogP contribution in [0.1, 0.15) is 45.7 Å². The quantitative estimate of drug-likeness (QED) is 0.283. The van der Waals surface area contributed by atoms with E-state index in [2.05, 4.69) is 101 Å². The number of furan rings is 1. The zero-order chi connectivity index (χ0) is 23.2. The lowest BCUT2D eigenvalue weighted by Crippen LogP contribution is -2.12. The molecule has 3 aromatic carbocycles. The van der Waals surface area contributed by atoms with Crippen molar-refractivity contribution in [1.82, 2.24) is 4.98 Å². The molecule has 0 radical (unpaired) electrons. The molecule has 0 atom stereocenters. The van der Waals surface area contributed by atoms with Gasteiger partial charge in [0.1, 0.15) is 5.52 Å². The Balaban J connectivity index is 1.69. The third kappa shape index (κ3) is 4.18. The minimum absolute atomic E-state index is 0.0322. The molecule has 0 amide bonds. The highest BCUT2D eigenvalue weighted by atomic mass is 16.3. The van der Waals surface area contributed by atoms with Crippen LogP contribution in [0.2, 0.25) is 0 Å². The van der Waals surface area contributed by atoms with Gasteiger partial charge in [0, 0.05) is 17.2 Å². The van der Waals surface area contributed by atoms with Crippen LogP contribution in [-0.2, 0) is 11.8 Å². The van der Waals surface area contributed by atoms with E-state index in [1.807, 2.05) is 6.07 Å². The zero-order valence-electron chi connectivity index (χ0n) is 20.1. The van der Waals surface area contributed by atoms with E-state index in [-0.39, 0.29) is 5.41 Å². The third-order valence-corrected chi connectivity index (χ3v) is 6.29. The molecule has 0 bridgehead atoms. The summed E-state index contributed by atoms with van der Waals surface area (Å²) in [5, 5.41) is 2.55. The molecule has 2 heteroatoms. The van der Waals surface area contributed by atoms with Gasteiger partial charge in [-0.05, 0) is 63.4 Å². The fourth-order valence-corrected chi connectivity index (χ4v) is 4.69. The first-order valence-corrected chi connectivity index (χ1v) is 11.8. The molecule has 0 aliphatic heterocycles. The predicted octanol–water partition coefficient (Wildman–Crippen LogP) is 8.81. The molecule has 0 aliphatic rings. The van der Waals surface area contributed by atoms with Gasteiger partial charge in [0.2, 0.25) is 0 Å². The Kier molecular flexibility index (Phi) is 5.32. The second-order valence-electron chi connectivity index (χ2n) is 10.5. The average molecular weight is 434 g/mol. The molecule has 2 aromatic heterocycles. The Bertz CT molecular complexity index is 1430. The van der Waals surface area contributed by atoms with Crippen molar-refractivity contribution in [3.63, 3.8) is 0 Å². The van der Waals surface area contributed by atoms with Crippen molar-refractivity contribution in [2.45, 2.75) is 46.5 Å². The molecule has 33 heavy (non-hydrogen) atoms. The molecular formula is C31H31NO. The van der Waals surface area contributed by atoms with Gasteiger partial charge in [-0.1, -0.05) is 83.1 Å². The second kappa shape index (κ2) is 8.19. The van der Waals surface area contributed by atoms with E-state index in [0.29, 0.717) is 5.92 Å². The van der Waals surface area contributed by atoms with Crippen LogP contribution in [0.25, 0.3) is 44.3 Å². The van der Waals surface area contributed by atoms with E-state index >= 15 is 0 Å². The first-order chi connectivity index (χ1) is 15.8. The van der Waals surface area contributed by atoms with Crippen LogP contribution in [0.5, 0.6) is 0 Å². The molecule has 0 saturated heterocycles. The summed E-state index contributed by atoms with van der Waals surface area (Å²) in [5.74, 6) is 0.644. The van der Waals surface area contributed by atoms with Gasteiger partial charge in [-0.3, -0.25) is 0 Å². The summed E-state index contributed by atoms with van der Waals surface area (Å²) in [6, 6.07) is 26.2. The number of hydrogen-bond donors (Lipinski definition) is 0. The third-order valence-electron chi connectivity index (χ3n) is 6.29. The number of nitrogens with zero attached hydrogens (tertiary/aromatic N) is 1. The van der Waals surface area contributed by atoms with Crippen LogP contribution in [0, 0.1) is 5.92 Å². The van der Waals surface area contributed by atoms with E-state index < -0.39 is 0 Å². The molecule has 0 fully saturated rings. The molecular weight excluding hydrogens is 402 g/mol. The van der Waals surface area contributed by atoms with Crippen LogP contribution in [0.15, 0.2) is 83.5 Å². The molecule has 5 rings (SSSR count). The molecule has 166 valence electrons. The van der Waals surface area contributed by atoms with E-state index in [4.69, 9.17) is 9.40 Å². The largest absolute Gasteiger partial charge is 0.462 e. The average Bonchev–Trinajstić information content (AvgIpc) is 3.26. The highest BCUT2D eigenvalue weighted by molar-refractivity contribution is 5.95. The highest BCUT2D eigenvalue weighted by Gasteiger charge is 2.19. The van der Waals surface area contributed by atoms with Gasteiger partial charge in [-0.15, -0.1) is 0 Å². The topological polar surface area (TPSA) is 26.0 Å². The van der Waals surface area contributed by atoms with Gasteiger partial charge in [0.25, 0.3) is 0 Å². The fraction of sp³-hybridized carbons (Fsp3) is 0.258. The summed E-state index contributed by atoms with van der Waals surface area (Å²) in [7, 11) is 0. The van der Waals surface area contributed by atoms with E-state index in [9.17, 15) is 0 Å². The van der Waals surface area contributed by atoms with Gasteiger partial charge in [-0.2, -0.15) is 0 Å². The first-order valence-electron chi connectivity index (χ1n) is 11.8. The number of rotatable bonds is 4. The molecule has 0 spiro atoms. The van der Waals surface area contributed by atoms with Gasteiger partial charge < -0.3 is 4.42 Å². The monoisotopic (exact) mass is 433 g/mol. The summed E-state index contributed by atoms with van der Waals surface area (Å²) in [6.45, 7) is 11.3. The van der Waals surface area contributed by atoms with E-state index in [1.54, 1.807) is 6.26 Å². The molecule has 5 aromatic rings. The van der Waals surface area contributed by atoms with Crippen molar-refractivity contribution in [2.75, 3.05) is 0 Å². The minimum Gasteiger partial charge on any atom is -0.462 e. The van der Waals surface area contributed by atoms with Crippen molar-refractivity contribution in [1.29, 1.82) is 0 Å². The smallest absolute Gasteiger partial charge is 0.160 e. The van der Waals surface area contributed by atoms with Gasteiger partial charge in [0.15, 0.2) is 5.58 Å². The lowest BCUT2D eigenvalue weighted by molar-refractivity contribution is 0.596. The van der Waals surface area contributed by atoms with Gasteiger partial charge in [0.05, 0.1) is 12.0 Å². The van der Waals surface area contributed by atoms with Crippen LogP contribution < -0.4 is 0 Å². The zero-order valence-corrected chi connectivity index (χ0v) is 20.1. The van der Waals surface area contributed by atoms with Crippen LogP contribution in [0.4, 0.5) is 0 Å². The van der Waals surface area contributed by atoms with Crippen molar-refractivity contribution >= 4 is 21.9 Å². The molecule has 0 unspecified atom stereocenters. The number of aromatic nitrogens is 1. The Morgan fingerprint density at radius 2 is 1.61 bits per heavy atom. The van der Waals surface area contributed by atoms with Crippen LogP contribution in [0.3, 0.4) is 0 Å². The number of hydrogen-bond acceptors (Lipinski definition) is 2. The lowest BCUT2D eigenvalue weighted by atomic mass is 9.82. The maximum Gasteiger partial charge on any atom is 0.160 e. The van der Waals surface area contributed by atoms with Gasteiger partial charge in [-0.25, -0.2) is 4.98 Å². The van der Waals surface area contributed by atoms with E-state index in [1.165, 1.54) is 21.9 Å². The molecule has 2 heterocycles. The van der Waals surface area contributed by atoms with Crippen molar-refractivity contribution in [2.24, 2.45) is 5.92 Å².